The van der Waals surface area contributed by atoms with Crippen LogP contribution in [-0.4, -0.2) is 40.9 Å². The van der Waals surface area contributed by atoms with Crippen LogP contribution in [0.1, 0.15) is 20.9 Å². The Bertz CT molecular complexity index is 810. The minimum atomic E-state index is -0.122. The number of rotatable bonds is 3. The van der Waals surface area contributed by atoms with E-state index >= 15 is 0 Å². The predicted molar refractivity (Wildman–Crippen MR) is 94.9 cm³/mol. The maximum atomic E-state index is 11.6. The summed E-state index contributed by atoms with van der Waals surface area (Å²) in [5, 5.41) is 3.55. The quantitative estimate of drug-likeness (QED) is 0.934. The van der Waals surface area contributed by atoms with Crippen LogP contribution >= 0.6 is 11.3 Å². The molecule has 2 aliphatic rings. The molecule has 122 valence electrons. The molecule has 0 radical (unpaired) electrons. The first-order valence-electron chi connectivity index (χ1n) is 8.05. The van der Waals surface area contributed by atoms with Gasteiger partial charge in [0.1, 0.15) is 5.01 Å². The smallest absolute Gasteiger partial charge is 0.252 e. The van der Waals surface area contributed by atoms with Crippen molar-refractivity contribution in [2.24, 2.45) is 0 Å². The Morgan fingerprint density at radius 3 is 2.79 bits per heavy atom. The van der Waals surface area contributed by atoms with Gasteiger partial charge in [0.15, 0.2) is 0 Å². The highest BCUT2D eigenvalue weighted by Crippen LogP contribution is 2.30. The van der Waals surface area contributed by atoms with E-state index in [4.69, 9.17) is 4.98 Å². The fraction of sp³-hybridized carbons (Fsp3) is 0.278. The van der Waals surface area contributed by atoms with Gasteiger partial charge < -0.3 is 10.2 Å². The minimum absolute atomic E-state index is 0.122. The van der Waals surface area contributed by atoms with Crippen LogP contribution in [0.5, 0.6) is 0 Å². The molecule has 24 heavy (non-hydrogen) atoms. The van der Waals surface area contributed by atoms with E-state index in [1.165, 1.54) is 16.3 Å². The van der Waals surface area contributed by atoms with Gasteiger partial charge in [-0.1, -0.05) is 6.08 Å². The number of thiazole rings is 1. The average molecular weight is 338 g/mol. The van der Waals surface area contributed by atoms with Crippen LogP contribution in [0.4, 0.5) is 0 Å². The standard InChI is InChI=1S/C18H18N4OS/c1-19-17(23)12-5-6-15(20-11-12)18-21-14-7-9-22(13-3-2-4-13)10-8-16(14)24-18/h2-6,11H,7-10H2,1H3,(H,19,23). The lowest BCUT2D eigenvalue weighted by Crippen LogP contribution is -2.26. The first-order chi connectivity index (χ1) is 11.7. The van der Waals surface area contributed by atoms with Gasteiger partial charge >= 0.3 is 0 Å². The number of hydrogen-bond acceptors (Lipinski definition) is 5. The largest absolute Gasteiger partial charge is 0.371 e. The molecular formula is C18H18N4OS. The molecule has 1 amide bonds. The van der Waals surface area contributed by atoms with Gasteiger partial charge in [0.05, 0.1) is 17.0 Å². The summed E-state index contributed by atoms with van der Waals surface area (Å²) in [6.07, 6.45) is 10.0. The highest BCUT2D eigenvalue weighted by molar-refractivity contribution is 7.15. The molecule has 2 aromatic heterocycles. The van der Waals surface area contributed by atoms with Crippen molar-refractivity contribution in [2.75, 3.05) is 20.1 Å². The van der Waals surface area contributed by atoms with Crippen LogP contribution in [-0.2, 0) is 12.8 Å². The van der Waals surface area contributed by atoms with E-state index in [9.17, 15) is 4.79 Å². The van der Waals surface area contributed by atoms with Crippen molar-refractivity contribution in [1.82, 2.24) is 20.2 Å². The zero-order chi connectivity index (χ0) is 16.5. The lowest BCUT2D eigenvalue weighted by atomic mass is 10.2. The van der Waals surface area contributed by atoms with Crippen LogP contribution in [0, 0.1) is 0 Å². The summed E-state index contributed by atoms with van der Waals surface area (Å²) in [5.41, 5.74) is 3.93. The molecule has 0 atom stereocenters. The molecule has 0 saturated carbocycles. The van der Waals surface area contributed by atoms with Crippen LogP contribution in [0.3, 0.4) is 0 Å². The van der Waals surface area contributed by atoms with Crippen LogP contribution < -0.4 is 5.32 Å². The lowest BCUT2D eigenvalue weighted by molar-refractivity contribution is 0.0963. The van der Waals surface area contributed by atoms with Crippen molar-refractivity contribution >= 4 is 17.2 Å². The number of amides is 1. The molecule has 1 aliphatic carbocycles. The second-order valence-corrected chi connectivity index (χ2v) is 6.92. The highest BCUT2D eigenvalue weighted by atomic mass is 32.1. The lowest BCUT2D eigenvalue weighted by Gasteiger charge is -2.26. The zero-order valence-electron chi connectivity index (χ0n) is 13.5. The third kappa shape index (κ3) is 2.73. The Hall–Kier alpha value is -2.47. The van der Waals surface area contributed by atoms with E-state index in [1.807, 2.05) is 6.07 Å². The Morgan fingerprint density at radius 2 is 2.12 bits per heavy atom. The number of allylic oxidation sites excluding steroid dienone is 3. The molecule has 1 aliphatic heterocycles. The molecule has 1 N–H and O–H groups in total. The van der Waals surface area contributed by atoms with E-state index in [0.29, 0.717) is 5.56 Å². The third-order valence-corrected chi connectivity index (χ3v) is 5.56. The normalized spacial score (nSPS) is 16.0. The van der Waals surface area contributed by atoms with Crippen LogP contribution in [0.25, 0.3) is 10.7 Å². The van der Waals surface area contributed by atoms with Crippen molar-refractivity contribution < 1.29 is 4.79 Å². The summed E-state index contributed by atoms with van der Waals surface area (Å²) < 4.78 is 0. The van der Waals surface area contributed by atoms with E-state index in [2.05, 4.69) is 33.4 Å². The van der Waals surface area contributed by atoms with Gasteiger partial charge in [-0.25, -0.2) is 4.98 Å². The van der Waals surface area contributed by atoms with E-state index in [0.717, 1.165) is 36.6 Å². The van der Waals surface area contributed by atoms with Gasteiger partial charge in [-0.05, 0) is 24.3 Å². The summed E-state index contributed by atoms with van der Waals surface area (Å²) in [6, 6.07) is 3.67. The number of carbonyl (C=O) groups excluding carboxylic acids is 1. The van der Waals surface area contributed by atoms with E-state index in [1.54, 1.807) is 30.6 Å². The summed E-state index contributed by atoms with van der Waals surface area (Å²) in [6.45, 7) is 2.04. The molecule has 3 heterocycles. The van der Waals surface area contributed by atoms with Crippen molar-refractivity contribution in [1.29, 1.82) is 0 Å². The second-order valence-electron chi connectivity index (χ2n) is 5.84. The molecule has 2 aromatic rings. The first kappa shape index (κ1) is 15.1. The molecule has 6 heteroatoms. The van der Waals surface area contributed by atoms with E-state index in [-0.39, 0.29) is 5.91 Å². The number of fused-ring (bicyclic) bond motifs is 1. The summed E-state index contributed by atoms with van der Waals surface area (Å²) in [5.74, 6) is -0.122. The number of aromatic nitrogens is 2. The molecule has 0 aromatic carbocycles. The van der Waals surface area contributed by atoms with Crippen molar-refractivity contribution in [3.63, 3.8) is 0 Å². The predicted octanol–water partition coefficient (Wildman–Crippen LogP) is 2.42. The SMILES string of the molecule is CNC(=O)c1ccc(-c2nc3c(s2)CCN(C2=CC=C2)CC3)nc1. The molecule has 0 bridgehead atoms. The Balaban J connectivity index is 1.52. The maximum Gasteiger partial charge on any atom is 0.252 e. The van der Waals surface area contributed by atoms with Gasteiger partial charge in [0.25, 0.3) is 5.91 Å². The average Bonchev–Trinajstić information content (AvgIpc) is 2.89. The number of pyridine rings is 1. The minimum Gasteiger partial charge on any atom is -0.371 e. The van der Waals surface area contributed by atoms with Gasteiger partial charge in [0, 0.05) is 49.7 Å². The molecule has 0 spiro atoms. The van der Waals surface area contributed by atoms with Crippen molar-refractivity contribution in [2.45, 2.75) is 12.8 Å². The molecular weight excluding hydrogens is 320 g/mol. The second kappa shape index (κ2) is 6.20. The van der Waals surface area contributed by atoms with E-state index < -0.39 is 0 Å². The monoisotopic (exact) mass is 338 g/mol. The van der Waals surface area contributed by atoms with Gasteiger partial charge in [0.2, 0.25) is 0 Å². The maximum absolute atomic E-state index is 11.6. The van der Waals surface area contributed by atoms with Gasteiger partial charge in [-0.15, -0.1) is 11.3 Å². The number of nitrogens with zero attached hydrogens (tertiary/aromatic N) is 3. The summed E-state index contributed by atoms with van der Waals surface area (Å²) in [4.78, 5) is 24.6. The molecule has 0 saturated heterocycles. The molecule has 5 nitrogen and oxygen atoms in total. The highest BCUT2D eigenvalue weighted by Gasteiger charge is 2.20. The van der Waals surface area contributed by atoms with Gasteiger partial charge in [-0.3, -0.25) is 9.78 Å². The third-order valence-electron chi connectivity index (χ3n) is 4.38. The molecule has 4 rings (SSSR count). The molecule has 0 unspecified atom stereocenters. The number of hydrogen-bond donors (Lipinski definition) is 1. The van der Waals surface area contributed by atoms with Gasteiger partial charge in [-0.2, -0.15) is 0 Å². The topological polar surface area (TPSA) is 58.1 Å². The first-order valence-corrected chi connectivity index (χ1v) is 8.86. The van der Waals surface area contributed by atoms with Crippen LogP contribution in [0.2, 0.25) is 0 Å². The summed E-state index contributed by atoms with van der Waals surface area (Å²) in [7, 11) is 1.62. The molecule has 0 fully saturated rings. The fourth-order valence-corrected chi connectivity index (χ4v) is 4.00. The Kier molecular flexibility index (Phi) is 3.90. The van der Waals surface area contributed by atoms with Crippen molar-refractivity contribution in [3.05, 3.63) is 58.4 Å². The number of carbonyl (C=O) groups is 1. The number of nitrogens with one attached hydrogen (secondary N) is 1. The van der Waals surface area contributed by atoms with Crippen LogP contribution in [0.15, 0.2) is 42.3 Å². The Labute approximate surface area is 144 Å². The zero-order valence-corrected chi connectivity index (χ0v) is 14.3. The van der Waals surface area contributed by atoms with Crippen molar-refractivity contribution in [3.8, 4) is 10.7 Å². The summed E-state index contributed by atoms with van der Waals surface area (Å²) >= 11 is 1.72. The Morgan fingerprint density at radius 1 is 1.29 bits per heavy atom. The fourth-order valence-electron chi connectivity index (χ4n) is 2.92.